The predicted octanol–water partition coefficient (Wildman–Crippen LogP) is 3.50. The molecule has 0 aliphatic carbocycles. The summed E-state index contributed by atoms with van der Waals surface area (Å²) in [5, 5.41) is 6.31. The molecule has 0 radical (unpaired) electrons. The molecule has 0 bridgehead atoms. The molecule has 1 aromatic carbocycles. The van der Waals surface area contributed by atoms with E-state index in [0.29, 0.717) is 18.0 Å². The van der Waals surface area contributed by atoms with Gasteiger partial charge in [-0.25, -0.2) is 0 Å². The molecule has 0 saturated carbocycles. The number of nitrogens with one attached hydrogen (secondary N) is 1. The summed E-state index contributed by atoms with van der Waals surface area (Å²) in [7, 11) is 1.62. The zero-order valence-corrected chi connectivity index (χ0v) is 13.1. The second-order valence-electron chi connectivity index (χ2n) is 4.48. The summed E-state index contributed by atoms with van der Waals surface area (Å²) >= 11 is 1.48. The highest BCUT2D eigenvalue weighted by atomic mass is 32.2. The van der Waals surface area contributed by atoms with Crippen LogP contribution in [-0.4, -0.2) is 23.4 Å². The first kappa shape index (κ1) is 15.4. The number of para-hydroxylation sites is 1. The summed E-state index contributed by atoms with van der Waals surface area (Å²) in [6.07, 6.45) is 0.700. The lowest BCUT2D eigenvalue weighted by atomic mass is 10.3. The number of nitrogens with zero attached hydrogens (tertiary/aromatic N) is 1. The molecular weight excluding hydrogens is 288 g/mol. The fraction of sp³-hybridized carbons (Fsp3) is 0.333. The van der Waals surface area contributed by atoms with Crippen molar-refractivity contribution in [3.63, 3.8) is 0 Å². The third-order valence-electron chi connectivity index (χ3n) is 2.88. The van der Waals surface area contributed by atoms with Crippen molar-refractivity contribution < 1.29 is 14.1 Å². The van der Waals surface area contributed by atoms with Crippen LogP contribution >= 0.6 is 11.8 Å². The third kappa shape index (κ3) is 4.01. The van der Waals surface area contributed by atoms with Crippen molar-refractivity contribution in [1.29, 1.82) is 0 Å². The number of thioether (sulfide) groups is 1. The molecule has 0 spiro atoms. The Morgan fingerprint density at radius 2 is 2.24 bits per heavy atom. The first-order valence-electron chi connectivity index (χ1n) is 6.68. The van der Waals surface area contributed by atoms with Gasteiger partial charge in [0.2, 0.25) is 5.91 Å². The molecule has 1 heterocycles. The Hall–Kier alpha value is -1.95. The molecule has 0 aliphatic rings. The van der Waals surface area contributed by atoms with Crippen LogP contribution in [0.5, 0.6) is 5.75 Å². The van der Waals surface area contributed by atoms with Crippen molar-refractivity contribution in [2.45, 2.75) is 30.4 Å². The van der Waals surface area contributed by atoms with E-state index >= 15 is 0 Å². The van der Waals surface area contributed by atoms with Gasteiger partial charge in [0, 0.05) is 6.07 Å². The lowest BCUT2D eigenvalue weighted by Gasteiger charge is -2.15. The number of aryl methyl sites for hydroxylation is 1. The lowest BCUT2D eigenvalue weighted by Crippen LogP contribution is -2.24. The lowest BCUT2D eigenvalue weighted by molar-refractivity contribution is -0.115. The molecule has 2 aromatic rings. The number of carbonyl (C=O) groups is 1. The van der Waals surface area contributed by atoms with Gasteiger partial charge in [0.1, 0.15) is 11.5 Å². The highest BCUT2D eigenvalue weighted by Gasteiger charge is 2.20. The number of benzene rings is 1. The van der Waals surface area contributed by atoms with E-state index in [0.717, 1.165) is 10.6 Å². The molecule has 1 amide bonds. The fourth-order valence-electron chi connectivity index (χ4n) is 1.82. The zero-order valence-electron chi connectivity index (χ0n) is 12.3. The van der Waals surface area contributed by atoms with Gasteiger partial charge in [-0.15, -0.1) is 11.8 Å². The topological polar surface area (TPSA) is 64.4 Å². The maximum atomic E-state index is 12.3. The molecule has 2 rings (SSSR count). The first-order chi connectivity index (χ1) is 10.1. The minimum Gasteiger partial charge on any atom is -0.496 e. The molecule has 5 nitrogen and oxygen atoms in total. The number of hydrogen-bond acceptors (Lipinski definition) is 5. The van der Waals surface area contributed by atoms with Crippen LogP contribution in [0.1, 0.15) is 19.1 Å². The summed E-state index contributed by atoms with van der Waals surface area (Å²) in [5.74, 6) is 1.78. The number of amides is 1. The standard InChI is InChI=1S/C15H18N2O3S/c1-4-12(15(18)16-14-9-10(2)20-17-14)21-13-8-6-5-7-11(13)19-3/h5-9,12H,4H2,1-3H3,(H,16,17,18)/t12-/m1/s1. The van der Waals surface area contributed by atoms with E-state index in [1.54, 1.807) is 20.1 Å². The molecule has 1 N–H and O–H groups in total. The Kier molecular flexibility index (Phi) is 5.27. The normalized spacial score (nSPS) is 12.0. The SMILES string of the molecule is CC[C@@H](Sc1ccccc1OC)C(=O)Nc1cc(C)on1. The third-order valence-corrected chi connectivity index (χ3v) is 4.30. The van der Waals surface area contributed by atoms with Gasteiger partial charge in [-0.05, 0) is 25.5 Å². The van der Waals surface area contributed by atoms with Crippen molar-refractivity contribution in [3.8, 4) is 5.75 Å². The van der Waals surface area contributed by atoms with Gasteiger partial charge in [-0.2, -0.15) is 0 Å². The molecular formula is C15H18N2O3S. The first-order valence-corrected chi connectivity index (χ1v) is 7.56. The minimum absolute atomic E-state index is 0.0956. The number of anilines is 1. The van der Waals surface area contributed by atoms with E-state index in [2.05, 4.69) is 10.5 Å². The predicted molar refractivity (Wildman–Crippen MR) is 82.8 cm³/mol. The van der Waals surface area contributed by atoms with E-state index in [4.69, 9.17) is 9.26 Å². The second-order valence-corrected chi connectivity index (χ2v) is 5.72. The van der Waals surface area contributed by atoms with E-state index in [-0.39, 0.29) is 11.2 Å². The monoisotopic (exact) mass is 306 g/mol. The molecule has 0 aliphatic heterocycles. The molecule has 112 valence electrons. The summed E-state index contributed by atoms with van der Waals surface area (Å²) in [5.41, 5.74) is 0. The van der Waals surface area contributed by atoms with Crippen LogP contribution in [0.2, 0.25) is 0 Å². The summed E-state index contributed by atoms with van der Waals surface area (Å²) < 4.78 is 10.3. The van der Waals surface area contributed by atoms with Crippen LogP contribution in [-0.2, 0) is 4.79 Å². The number of carbonyl (C=O) groups excluding carboxylic acids is 1. The largest absolute Gasteiger partial charge is 0.496 e. The average molecular weight is 306 g/mol. The maximum absolute atomic E-state index is 12.3. The Morgan fingerprint density at radius 3 is 2.86 bits per heavy atom. The van der Waals surface area contributed by atoms with E-state index in [1.807, 2.05) is 31.2 Å². The molecule has 0 saturated heterocycles. The van der Waals surface area contributed by atoms with Crippen LogP contribution in [0, 0.1) is 6.92 Å². The average Bonchev–Trinajstić information content (AvgIpc) is 2.90. The number of aromatic nitrogens is 1. The molecule has 1 atom stereocenters. The Balaban J connectivity index is 2.06. The van der Waals surface area contributed by atoms with Crippen LogP contribution < -0.4 is 10.1 Å². The minimum atomic E-state index is -0.224. The van der Waals surface area contributed by atoms with E-state index in [1.165, 1.54) is 11.8 Å². The highest BCUT2D eigenvalue weighted by Crippen LogP contribution is 2.33. The van der Waals surface area contributed by atoms with Crippen LogP contribution in [0.3, 0.4) is 0 Å². The molecule has 1 aromatic heterocycles. The fourth-order valence-corrected chi connectivity index (χ4v) is 2.89. The van der Waals surface area contributed by atoms with Crippen LogP contribution in [0.4, 0.5) is 5.82 Å². The summed E-state index contributed by atoms with van der Waals surface area (Å²) in [4.78, 5) is 13.2. The Labute approximate surface area is 128 Å². The number of ether oxygens (including phenoxy) is 1. The number of hydrogen-bond donors (Lipinski definition) is 1. The second kappa shape index (κ2) is 7.17. The highest BCUT2D eigenvalue weighted by molar-refractivity contribution is 8.00. The maximum Gasteiger partial charge on any atom is 0.239 e. The zero-order chi connectivity index (χ0) is 15.2. The van der Waals surface area contributed by atoms with Gasteiger partial charge >= 0.3 is 0 Å². The number of rotatable bonds is 6. The van der Waals surface area contributed by atoms with Crippen molar-refractivity contribution in [2.75, 3.05) is 12.4 Å². The van der Waals surface area contributed by atoms with Gasteiger partial charge in [0.25, 0.3) is 0 Å². The van der Waals surface area contributed by atoms with Gasteiger partial charge in [0.15, 0.2) is 5.82 Å². The van der Waals surface area contributed by atoms with Gasteiger partial charge in [-0.1, -0.05) is 24.2 Å². The molecule has 21 heavy (non-hydrogen) atoms. The van der Waals surface area contributed by atoms with Gasteiger partial charge in [-0.3, -0.25) is 4.79 Å². The van der Waals surface area contributed by atoms with Gasteiger partial charge < -0.3 is 14.6 Å². The van der Waals surface area contributed by atoms with Crippen molar-refractivity contribution in [2.24, 2.45) is 0 Å². The van der Waals surface area contributed by atoms with E-state index < -0.39 is 0 Å². The summed E-state index contributed by atoms with van der Waals surface area (Å²) in [6.45, 7) is 3.75. The molecule has 0 unspecified atom stereocenters. The van der Waals surface area contributed by atoms with Crippen LogP contribution in [0.15, 0.2) is 39.8 Å². The molecule has 0 fully saturated rings. The number of methoxy groups -OCH3 is 1. The smallest absolute Gasteiger partial charge is 0.239 e. The van der Waals surface area contributed by atoms with Crippen molar-refractivity contribution in [1.82, 2.24) is 5.16 Å². The van der Waals surface area contributed by atoms with Crippen molar-refractivity contribution >= 4 is 23.5 Å². The van der Waals surface area contributed by atoms with E-state index in [9.17, 15) is 4.79 Å². The van der Waals surface area contributed by atoms with Crippen molar-refractivity contribution in [3.05, 3.63) is 36.1 Å². The van der Waals surface area contributed by atoms with Gasteiger partial charge in [0.05, 0.1) is 17.3 Å². The molecule has 6 heteroatoms. The summed E-state index contributed by atoms with van der Waals surface area (Å²) in [6, 6.07) is 9.35. The Bertz CT molecular complexity index is 612. The van der Waals surface area contributed by atoms with Crippen LogP contribution in [0.25, 0.3) is 0 Å². The quantitative estimate of drug-likeness (QED) is 0.827. The Morgan fingerprint density at radius 1 is 1.48 bits per heavy atom.